The van der Waals surface area contributed by atoms with Crippen LogP contribution in [-0.4, -0.2) is 9.13 Å². The number of nitriles is 1. The first kappa shape index (κ1) is 34.9. The molecule has 0 spiro atoms. The first-order chi connectivity index (χ1) is 30.2. The molecule has 0 fully saturated rings. The van der Waals surface area contributed by atoms with Gasteiger partial charge in [0.2, 0.25) is 5.69 Å². The van der Waals surface area contributed by atoms with Crippen molar-refractivity contribution in [3.05, 3.63) is 197 Å². The molecule has 0 amide bonds. The predicted molar refractivity (Wildman–Crippen MR) is 256 cm³/mol. The minimum Gasteiger partial charge on any atom is -0.319 e. The Bertz CT molecular complexity index is 3690. The Labute approximate surface area is 358 Å². The molecular weight excluding hydrogens is 753 g/mol. The number of hydrogen-bond donors (Lipinski definition) is 0. The quantitative estimate of drug-likeness (QED) is 0.161. The molecule has 2 heterocycles. The smallest absolute Gasteiger partial charge is 0.212 e. The summed E-state index contributed by atoms with van der Waals surface area (Å²) in [7, 11) is 0. The van der Waals surface area contributed by atoms with E-state index in [1.807, 2.05) is 12.1 Å². The van der Waals surface area contributed by atoms with Gasteiger partial charge < -0.3 is 9.13 Å². The van der Waals surface area contributed by atoms with Gasteiger partial charge >= 0.3 is 0 Å². The lowest BCUT2D eigenvalue weighted by Gasteiger charge is -2.21. The average molecular weight is 791 g/mol. The van der Waals surface area contributed by atoms with Crippen LogP contribution in [0, 0.1) is 17.9 Å². The molecule has 13 rings (SSSR count). The fraction of sp³-hybridized carbons (Fsp3) is 0.103. The number of rotatable bonds is 2. The monoisotopic (exact) mass is 790 g/mol. The van der Waals surface area contributed by atoms with Crippen LogP contribution >= 0.6 is 0 Å². The third-order valence-corrected chi connectivity index (χ3v) is 14.5. The third kappa shape index (κ3) is 4.19. The normalized spacial score (nSPS) is 14.4. The van der Waals surface area contributed by atoms with Crippen LogP contribution < -0.4 is 0 Å². The maximum Gasteiger partial charge on any atom is 0.212 e. The van der Waals surface area contributed by atoms with Crippen molar-refractivity contribution in [1.29, 1.82) is 5.26 Å². The van der Waals surface area contributed by atoms with Gasteiger partial charge in [0.05, 0.1) is 45.6 Å². The molecule has 0 radical (unpaired) electrons. The fourth-order valence-corrected chi connectivity index (χ4v) is 11.8. The van der Waals surface area contributed by atoms with Gasteiger partial charge in [-0.25, -0.2) is 4.85 Å². The number of benzene rings is 9. The van der Waals surface area contributed by atoms with Crippen molar-refractivity contribution < 1.29 is 0 Å². The van der Waals surface area contributed by atoms with Crippen LogP contribution in [0.2, 0.25) is 0 Å². The Hall–Kier alpha value is -7.92. The van der Waals surface area contributed by atoms with E-state index >= 15 is 0 Å². The van der Waals surface area contributed by atoms with Crippen molar-refractivity contribution in [1.82, 2.24) is 9.13 Å². The molecule has 2 aromatic heterocycles. The van der Waals surface area contributed by atoms with E-state index in [9.17, 15) is 5.26 Å². The molecular formula is C58H38N4. The molecule has 290 valence electrons. The van der Waals surface area contributed by atoms with Crippen LogP contribution in [0.15, 0.2) is 158 Å². The van der Waals surface area contributed by atoms with Crippen LogP contribution in [0.3, 0.4) is 0 Å². The number of hydrogen-bond acceptors (Lipinski definition) is 1. The number of nitrogens with zero attached hydrogens (tertiary/aromatic N) is 4. The van der Waals surface area contributed by atoms with Gasteiger partial charge in [0.25, 0.3) is 0 Å². The van der Waals surface area contributed by atoms with E-state index in [0.717, 1.165) is 43.6 Å². The number of fused-ring (bicyclic) bond motifs is 18. The highest BCUT2D eigenvalue weighted by Crippen LogP contribution is 2.56. The molecule has 9 aromatic carbocycles. The highest BCUT2D eigenvalue weighted by Gasteiger charge is 2.39. The van der Waals surface area contributed by atoms with E-state index in [0.29, 0.717) is 22.6 Å². The van der Waals surface area contributed by atoms with E-state index < -0.39 is 0 Å². The summed E-state index contributed by atoms with van der Waals surface area (Å²) in [4.78, 5) is 4.30. The molecule has 0 saturated carbocycles. The van der Waals surface area contributed by atoms with Crippen molar-refractivity contribution in [3.63, 3.8) is 0 Å². The average Bonchev–Trinajstić information content (AvgIpc) is 3.97. The Morgan fingerprint density at radius 1 is 0.468 bits per heavy atom. The van der Waals surface area contributed by atoms with Crippen LogP contribution in [0.1, 0.15) is 55.5 Å². The lowest BCUT2D eigenvalue weighted by Crippen LogP contribution is -2.14. The molecule has 2 aliphatic rings. The second kappa shape index (κ2) is 11.9. The Balaban J connectivity index is 1.15. The molecule has 2 aliphatic carbocycles. The zero-order valence-electron chi connectivity index (χ0n) is 34.8. The summed E-state index contributed by atoms with van der Waals surface area (Å²) >= 11 is 0. The fourth-order valence-electron chi connectivity index (χ4n) is 11.8. The van der Waals surface area contributed by atoms with E-state index in [1.165, 1.54) is 66.1 Å². The second-order valence-electron chi connectivity index (χ2n) is 18.2. The molecule has 0 aliphatic heterocycles. The molecule has 0 atom stereocenters. The SMILES string of the molecule is [C-]#[N+]c1cc(-n2c3ccc4c(c3c3c5ccccc5ccc32)-c2ccccc2C4(C)C)c(C#N)cc1-n1c2ccc3c(c2c2c4ccccc4ccc21)-c1ccccc1C3(C)C. The Morgan fingerprint density at radius 2 is 0.903 bits per heavy atom. The summed E-state index contributed by atoms with van der Waals surface area (Å²) in [6, 6.07) is 59.2. The van der Waals surface area contributed by atoms with Gasteiger partial charge in [0.15, 0.2) is 0 Å². The summed E-state index contributed by atoms with van der Waals surface area (Å²) in [5.41, 5.74) is 16.3. The Morgan fingerprint density at radius 3 is 1.40 bits per heavy atom. The topological polar surface area (TPSA) is 38.0 Å². The summed E-state index contributed by atoms with van der Waals surface area (Å²) in [6.45, 7) is 18.1. The van der Waals surface area contributed by atoms with Gasteiger partial charge in [-0.05, 0) is 102 Å². The van der Waals surface area contributed by atoms with Gasteiger partial charge in [-0.2, -0.15) is 5.26 Å². The minimum absolute atomic E-state index is 0.179. The summed E-state index contributed by atoms with van der Waals surface area (Å²) in [5, 5.41) is 20.6. The summed E-state index contributed by atoms with van der Waals surface area (Å²) < 4.78 is 4.49. The zero-order chi connectivity index (χ0) is 41.8. The second-order valence-corrected chi connectivity index (χ2v) is 18.2. The first-order valence-electron chi connectivity index (χ1n) is 21.4. The lowest BCUT2D eigenvalue weighted by molar-refractivity contribution is 0.660. The van der Waals surface area contributed by atoms with Gasteiger partial charge in [-0.3, -0.25) is 0 Å². The molecule has 4 nitrogen and oxygen atoms in total. The molecule has 11 aromatic rings. The molecule has 0 unspecified atom stereocenters. The van der Waals surface area contributed by atoms with Crippen LogP contribution in [-0.2, 0) is 10.8 Å². The molecule has 4 heteroatoms. The van der Waals surface area contributed by atoms with E-state index in [4.69, 9.17) is 6.57 Å². The maximum absolute atomic E-state index is 11.3. The van der Waals surface area contributed by atoms with Crippen LogP contribution in [0.4, 0.5) is 5.69 Å². The first-order valence-corrected chi connectivity index (χ1v) is 21.4. The van der Waals surface area contributed by atoms with Crippen LogP contribution in [0.5, 0.6) is 0 Å². The summed E-state index contributed by atoms with van der Waals surface area (Å²) in [5.74, 6) is 0. The van der Waals surface area contributed by atoms with Gasteiger partial charge in [0, 0.05) is 32.4 Å². The van der Waals surface area contributed by atoms with Crippen molar-refractivity contribution >= 4 is 70.8 Å². The van der Waals surface area contributed by atoms with E-state index in [1.54, 1.807) is 0 Å². The van der Waals surface area contributed by atoms with E-state index in [-0.39, 0.29) is 10.8 Å². The molecule has 0 N–H and O–H groups in total. The molecule has 0 bridgehead atoms. The van der Waals surface area contributed by atoms with Gasteiger partial charge in [-0.1, -0.05) is 149 Å². The lowest BCUT2D eigenvalue weighted by atomic mass is 9.82. The maximum atomic E-state index is 11.3. The summed E-state index contributed by atoms with van der Waals surface area (Å²) in [6.07, 6.45) is 0. The van der Waals surface area contributed by atoms with Gasteiger partial charge in [0.1, 0.15) is 6.07 Å². The van der Waals surface area contributed by atoms with Gasteiger partial charge in [-0.15, -0.1) is 0 Å². The molecule has 62 heavy (non-hydrogen) atoms. The minimum atomic E-state index is -0.179. The molecule has 0 saturated heterocycles. The van der Waals surface area contributed by atoms with Crippen molar-refractivity contribution in [2.75, 3.05) is 0 Å². The van der Waals surface area contributed by atoms with Crippen molar-refractivity contribution in [2.45, 2.75) is 38.5 Å². The van der Waals surface area contributed by atoms with E-state index in [2.05, 4.69) is 193 Å². The van der Waals surface area contributed by atoms with Crippen LogP contribution in [0.25, 0.3) is 104 Å². The largest absolute Gasteiger partial charge is 0.319 e. The number of aromatic nitrogens is 2. The Kier molecular flexibility index (Phi) is 6.69. The highest BCUT2D eigenvalue weighted by atomic mass is 15.0. The zero-order valence-corrected chi connectivity index (χ0v) is 34.8. The highest BCUT2D eigenvalue weighted by molar-refractivity contribution is 6.28. The van der Waals surface area contributed by atoms with Crippen molar-refractivity contribution in [2.24, 2.45) is 0 Å². The standard InChI is InChI=1S/C58H38N4/c1-57(2)40-20-12-10-18-38(40)51-42(57)24-28-47-55(51)53-36-16-8-6-14-33(36)22-26-45(53)61(47)49-31-44(60-5)50(30-35(49)32-59)62-46-27-23-34-15-7-9-17-37(34)54(46)56-48(62)29-25-43-52(56)39-19-11-13-21-41(39)58(43,3)4/h6-31H,1-4H3. The third-order valence-electron chi connectivity index (χ3n) is 14.5. The van der Waals surface area contributed by atoms with Crippen molar-refractivity contribution in [3.8, 4) is 39.7 Å². The predicted octanol–water partition coefficient (Wildman–Crippen LogP) is 15.2.